The molecule has 1 aliphatic heterocycles. The maximum atomic E-state index is 12.5. The minimum absolute atomic E-state index is 0.0612. The molecule has 160 valence electrons. The van der Waals surface area contributed by atoms with Crippen molar-refractivity contribution in [3.63, 3.8) is 0 Å². The van der Waals surface area contributed by atoms with Crippen LogP contribution in [0.15, 0.2) is 59.1 Å². The monoisotopic (exact) mass is 437 g/mol. The number of hydrogen-bond acceptors (Lipinski definition) is 4. The SMILES string of the molecule is O=C(CCc1ncc(-c2ccc(Cl)cc2)o1)NCc1cccc(C(=O)N2CCCC2)c1. The number of aryl methyl sites for hydroxylation is 1. The zero-order chi connectivity index (χ0) is 21.6. The molecule has 31 heavy (non-hydrogen) atoms. The standard InChI is InChI=1S/C24H24ClN3O3/c25-20-8-6-18(7-9-20)21-16-27-23(31-21)11-10-22(29)26-15-17-4-3-5-19(14-17)24(30)28-12-1-2-13-28/h3-9,14,16H,1-2,10-13,15H2,(H,26,29). The Labute approximate surface area is 186 Å². The van der Waals surface area contributed by atoms with Gasteiger partial charge in [0.05, 0.1) is 6.20 Å². The predicted octanol–water partition coefficient (Wildman–Crippen LogP) is 4.48. The van der Waals surface area contributed by atoms with Gasteiger partial charge in [0, 0.05) is 48.6 Å². The Morgan fingerprint density at radius 2 is 1.87 bits per heavy atom. The highest BCUT2D eigenvalue weighted by Crippen LogP contribution is 2.22. The van der Waals surface area contributed by atoms with Gasteiger partial charge in [0.15, 0.2) is 11.7 Å². The number of nitrogens with zero attached hydrogens (tertiary/aromatic N) is 2. The van der Waals surface area contributed by atoms with Crippen molar-refractivity contribution >= 4 is 23.4 Å². The van der Waals surface area contributed by atoms with Gasteiger partial charge in [0.25, 0.3) is 5.91 Å². The van der Waals surface area contributed by atoms with Crippen molar-refractivity contribution in [2.45, 2.75) is 32.2 Å². The van der Waals surface area contributed by atoms with E-state index in [1.807, 2.05) is 41.3 Å². The molecule has 0 atom stereocenters. The van der Waals surface area contributed by atoms with E-state index in [1.54, 1.807) is 18.3 Å². The minimum atomic E-state index is -0.0949. The van der Waals surface area contributed by atoms with Gasteiger partial charge in [-0.25, -0.2) is 4.98 Å². The molecule has 1 saturated heterocycles. The van der Waals surface area contributed by atoms with Crippen LogP contribution in [-0.2, 0) is 17.8 Å². The number of aromatic nitrogens is 1. The molecule has 0 aliphatic carbocycles. The zero-order valence-electron chi connectivity index (χ0n) is 17.1. The van der Waals surface area contributed by atoms with E-state index in [1.165, 1.54) is 0 Å². The lowest BCUT2D eigenvalue weighted by Crippen LogP contribution is -2.28. The van der Waals surface area contributed by atoms with Crippen LogP contribution in [0, 0.1) is 0 Å². The largest absolute Gasteiger partial charge is 0.441 e. The van der Waals surface area contributed by atoms with Crippen molar-refractivity contribution < 1.29 is 14.0 Å². The molecule has 0 saturated carbocycles. The molecule has 6 nitrogen and oxygen atoms in total. The summed E-state index contributed by atoms with van der Waals surface area (Å²) in [6, 6.07) is 14.8. The molecule has 1 N–H and O–H groups in total. The molecule has 0 radical (unpaired) electrons. The number of oxazole rings is 1. The number of rotatable bonds is 7. The maximum Gasteiger partial charge on any atom is 0.253 e. The molecule has 1 aromatic heterocycles. The zero-order valence-corrected chi connectivity index (χ0v) is 17.9. The van der Waals surface area contributed by atoms with Gasteiger partial charge in [-0.2, -0.15) is 0 Å². The van der Waals surface area contributed by atoms with E-state index < -0.39 is 0 Å². The molecule has 3 aromatic rings. The van der Waals surface area contributed by atoms with Crippen molar-refractivity contribution in [1.82, 2.24) is 15.2 Å². The number of carbonyl (C=O) groups excluding carboxylic acids is 2. The number of carbonyl (C=O) groups is 2. The first kappa shape index (κ1) is 21.1. The predicted molar refractivity (Wildman–Crippen MR) is 119 cm³/mol. The normalized spacial score (nSPS) is 13.4. The van der Waals surface area contributed by atoms with Crippen molar-refractivity contribution in [3.8, 4) is 11.3 Å². The summed E-state index contributed by atoms with van der Waals surface area (Å²) in [6.45, 7) is 2.02. The third-order valence-corrected chi connectivity index (χ3v) is 5.56. The molecule has 0 unspecified atom stereocenters. The van der Waals surface area contributed by atoms with E-state index in [-0.39, 0.29) is 18.2 Å². The van der Waals surface area contributed by atoms with Gasteiger partial charge in [0.1, 0.15) is 0 Å². The summed E-state index contributed by atoms with van der Waals surface area (Å²) in [5.74, 6) is 1.12. The van der Waals surface area contributed by atoms with E-state index in [0.29, 0.717) is 35.2 Å². The number of nitrogens with one attached hydrogen (secondary N) is 1. The molecule has 1 aliphatic rings. The summed E-state index contributed by atoms with van der Waals surface area (Å²) < 4.78 is 5.74. The van der Waals surface area contributed by atoms with Gasteiger partial charge in [-0.15, -0.1) is 0 Å². The van der Waals surface area contributed by atoms with Crippen LogP contribution < -0.4 is 5.32 Å². The summed E-state index contributed by atoms with van der Waals surface area (Å²) >= 11 is 5.91. The van der Waals surface area contributed by atoms with Crippen molar-refractivity contribution in [2.75, 3.05) is 13.1 Å². The third-order valence-electron chi connectivity index (χ3n) is 5.31. The van der Waals surface area contributed by atoms with Gasteiger partial charge in [-0.1, -0.05) is 23.7 Å². The molecule has 7 heteroatoms. The smallest absolute Gasteiger partial charge is 0.253 e. The van der Waals surface area contributed by atoms with Crippen LogP contribution in [0.1, 0.15) is 41.1 Å². The highest BCUT2D eigenvalue weighted by Gasteiger charge is 2.19. The number of hydrogen-bond donors (Lipinski definition) is 1. The summed E-state index contributed by atoms with van der Waals surface area (Å²) in [7, 11) is 0. The first-order valence-corrected chi connectivity index (χ1v) is 10.8. The first-order chi connectivity index (χ1) is 15.1. The van der Waals surface area contributed by atoms with Crippen LogP contribution in [0.2, 0.25) is 5.02 Å². The Balaban J connectivity index is 1.27. The Kier molecular flexibility index (Phi) is 6.67. The van der Waals surface area contributed by atoms with Crippen LogP contribution in [0.25, 0.3) is 11.3 Å². The second-order valence-electron chi connectivity index (χ2n) is 7.60. The van der Waals surface area contributed by atoms with Gasteiger partial charge in [-0.05, 0) is 54.8 Å². The Hall–Kier alpha value is -3.12. The molecule has 0 spiro atoms. The average Bonchev–Trinajstić information content (AvgIpc) is 3.49. The first-order valence-electron chi connectivity index (χ1n) is 10.4. The van der Waals surface area contributed by atoms with Gasteiger partial charge in [0.2, 0.25) is 5.91 Å². The van der Waals surface area contributed by atoms with Gasteiger partial charge < -0.3 is 14.6 Å². The van der Waals surface area contributed by atoms with E-state index >= 15 is 0 Å². The lowest BCUT2D eigenvalue weighted by atomic mass is 10.1. The fourth-order valence-corrected chi connectivity index (χ4v) is 3.73. The average molecular weight is 438 g/mol. The quantitative estimate of drug-likeness (QED) is 0.591. The van der Waals surface area contributed by atoms with E-state index in [0.717, 1.165) is 37.1 Å². The lowest BCUT2D eigenvalue weighted by Gasteiger charge is -2.15. The van der Waals surface area contributed by atoms with Crippen LogP contribution in [0.4, 0.5) is 0 Å². The highest BCUT2D eigenvalue weighted by atomic mass is 35.5. The summed E-state index contributed by atoms with van der Waals surface area (Å²) in [5, 5.41) is 3.56. The second kappa shape index (κ2) is 9.79. The molecule has 2 heterocycles. The topological polar surface area (TPSA) is 75.4 Å². The fraction of sp³-hybridized carbons (Fsp3) is 0.292. The van der Waals surface area contributed by atoms with E-state index in [4.69, 9.17) is 16.0 Å². The highest BCUT2D eigenvalue weighted by molar-refractivity contribution is 6.30. The van der Waals surface area contributed by atoms with Crippen molar-refractivity contribution in [2.24, 2.45) is 0 Å². The van der Waals surface area contributed by atoms with Crippen LogP contribution >= 0.6 is 11.6 Å². The Morgan fingerprint density at radius 1 is 1.10 bits per heavy atom. The molecular weight excluding hydrogens is 414 g/mol. The lowest BCUT2D eigenvalue weighted by molar-refractivity contribution is -0.121. The van der Waals surface area contributed by atoms with E-state index in [9.17, 15) is 9.59 Å². The number of halogens is 1. The van der Waals surface area contributed by atoms with Crippen molar-refractivity contribution in [1.29, 1.82) is 0 Å². The van der Waals surface area contributed by atoms with Crippen LogP contribution in [0.5, 0.6) is 0 Å². The van der Waals surface area contributed by atoms with Crippen LogP contribution in [-0.4, -0.2) is 34.8 Å². The second-order valence-corrected chi connectivity index (χ2v) is 8.04. The molecule has 0 bridgehead atoms. The van der Waals surface area contributed by atoms with Crippen molar-refractivity contribution in [3.05, 3.63) is 76.8 Å². The molecule has 4 rings (SSSR count). The minimum Gasteiger partial charge on any atom is -0.441 e. The fourth-order valence-electron chi connectivity index (χ4n) is 3.60. The summed E-state index contributed by atoms with van der Waals surface area (Å²) in [4.78, 5) is 30.9. The Bertz CT molecular complexity index is 1060. The Morgan fingerprint density at radius 3 is 2.65 bits per heavy atom. The number of amides is 2. The summed E-state index contributed by atoms with van der Waals surface area (Å²) in [5.41, 5.74) is 2.46. The molecule has 1 fully saturated rings. The molecular formula is C24H24ClN3O3. The molecule has 2 amide bonds. The maximum absolute atomic E-state index is 12.5. The molecule has 2 aromatic carbocycles. The van der Waals surface area contributed by atoms with Gasteiger partial charge in [-0.3, -0.25) is 9.59 Å². The number of likely N-dealkylation sites (tertiary alicyclic amines) is 1. The third kappa shape index (κ3) is 5.52. The van der Waals surface area contributed by atoms with Crippen LogP contribution in [0.3, 0.4) is 0 Å². The van der Waals surface area contributed by atoms with E-state index in [2.05, 4.69) is 10.3 Å². The van der Waals surface area contributed by atoms with Gasteiger partial charge >= 0.3 is 0 Å². The summed E-state index contributed by atoms with van der Waals surface area (Å²) in [6.07, 6.45) is 4.46. The number of benzene rings is 2.